The number of aromatic amines is 1. The molecule has 0 aliphatic rings. The third kappa shape index (κ3) is 3.23. The van der Waals surface area contributed by atoms with E-state index in [9.17, 15) is 13.6 Å². The highest BCUT2D eigenvalue weighted by atomic mass is 35.5. The topological polar surface area (TPSA) is 101 Å². The first-order valence-corrected chi connectivity index (χ1v) is 8.81. The van der Waals surface area contributed by atoms with Crippen molar-refractivity contribution in [2.45, 2.75) is 0 Å². The Morgan fingerprint density at radius 3 is 2.31 bits per heavy atom. The maximum Gasteiger partial charge on any atom is 0.323 e. The fourth-order valence-corrected chi connectivity index (χ4v) is 3.37. The van der Waals surface area contributed by atoms with Crippen molar-refractivity contribution in [3.63, 3.8) is 0 Å². The molecule has 6 nitrogen and oxygen atoms in total. The number of carbonyl (C=O) groups excluding carboxylic acids is 1. The Balaban J connectivity index is 1.79. The Labute approximate surface area is 168 Å². The van der Waals surface area contributed by atoms with Crippen LogP contribution in [0.1, 0.15) is 0 Å². The van der Waals surface area contributed by atoms with Gasteiger partial charge in [0.15, 0.2) is 5.82 Å². The zero-order valence-corrected chi connectivity index (χ0v) is 15.5. The second kappa shape index (κ2) is 7.06. The predicted molar refractivity (Wildman–Crippen MR) is 109 cm³/mol. The molecule has 146 valence electrons. The number of primary amides is 1. The highest BCUT2D eigenvalue weighted by Crippen LogP contribution is 2.36. The van der Waals surface area contributed by atoms with Gasteiger partial charge in [-0.25, -0.2) is 13.6 Å². The average molecular weight is 414 g/mol. The number of halogens is 3. The van der Waals surface area contributed by atoms with E-state index in [-0.39, 0.29) is 16.4 Å². The van der Waals surface area contributed by atoms with Crippen LogP contribution in [0.25, 0.3) is 22.0 Å². The van der Waals surface area contributed by atoms with Crippen molar-refractivity contribution in [1.29, 1.82) is 0 Å². The summed E-state index contributed by atoms with van der Waals surface area (Å²) in [6.45, 7) is 0. The predicted octanol–water partition coefficient (Wildman–Crippen LogP) is 4.96. The summed E-state index contributed by atoms with van der Waals surface area (Å²) in [5.74, 6) is -0.898. The lowest BCUT2D eigenvalue weighted by Crippen LogP contribution is -2.31. The second-order valence-corrected chi connectivity index (χ2v) is 6.68. The highest BCUT2D eigenvalue weighted by molar-refractivity contribution is 6.31. The third-order valence-corrected chi connectivity index (χ3v) is 4.79. The summed E-state index contributed by atoms with van der Waals surface area (Å²) < 4.78 is 28.0. The molecule has 0 aliphatic carbocycles. The van der Waals surface area contributed by atoms with Crippen LogP contribution in [0, 0.1) is 11.6 Å². The lowest BCUT2D eigenvalue weighted by atomic mass is 10.00. The van der Waals surface area contributed by atoms with Gasteiger partial charge in [-0.3, -0.25) is 10.00 Å². The molecule has 3 aromatic carbocycles. The first-order valence-electron chi connectivity index (χ1n) is 8.44. The maximum atomic E-state index is 14.6. The van der Waals surface area contributed by atoms with E-state index in [2.05, 4.69) is 10.2 Å². The van der Waals surface area contributed by atoms with Gasteiger partial charge in [-0.2, -0.15) is 5.10 Å². The summed E-state index contributed by atoms with van der Waals surface area (Å²) in [7, 11) is 0. The summed E-state index contributed by atoms with van der Waals surface area (Å²) in [5.41, 5.74) is 13.5. The number of benzene rings is 3. The van der Waals surface area contributed by atoms with Gasteiger partial charge in [0.05, 0.1) is 27.3 Å². The van der Waals surface area contributed by atoms with Gasteiger partial charge in [-0.1, -0.05) is 23.7 Å². The van der Waals surface area contributed by atoms with Crippen molar-refractivity contribution >= 4 is 45.7 Å². The number of nitrogen functional groups attached to an aromatic ring is 1. The second-order valence-electron chi connectivity index (χ2n) is 6.27. The molecule has 4 aromatic rings. The first-order chi connectivity index (χ1) is 13.9. The number of nitrogens with zero attached hydrogens (tertiary/aromatic N) is 2. The average Bonchev–Trinajstić information content (AvgIpc) is 3.06. The molecule has 0 saturated carbocycles. The molecule has 5 N–H and O–H groups in total. The fraction of sp³-hybridized carbons (Fsp3) is 0. The number of nitrogens with one attached hydrogen (secondary N) is 1. The van der Waals surface area contributed by atoms with Crippen molar-refractivity contribution in [2.24, 2.45) is 5.73 Å². The van der Waals surface area contributed by atoms with Crippen molar-refractivity contribution in [3.8, 4) is 11.1 Å². The molecule has 0 aliphatic heterocycles. The summed E-state index contributed by atoms with van der Waals surface area (Å²) in [6, 6.07) is 12.3. The van der Waals surface area contributed by atoms with Crippen LogP contribution >= 0.6 is 11.6 Å². The summed E-state index contributed by atoms with van der Waals surface area (Å²) in [5, 5.41) is 6.99. The van der Waals surface area contributed by atoms with Crippen molar-refractivity contribution in [3.05, 3.63) is 71.3 Å². The van der Waals surface area contributed by atoms with E-state index in [0.717, 1.165) is 11.0 Å². The first kappa shape index (κ1) is 18.7. The monoisotopic (exact) mass is 413 g/mol. The molecule has 1 aromatic heterocycles. The molecule has 0 fully saturated rings. The number of nitrogens with two attached hydrogens (primary N) is 2. The summed E-state index contributed by atoms with van der Waals surface area (Å²) >= 11 is 5.82. The molecular weight excluding hydrogens is 400 g/mol. The quantitative estimate of drug-likeness (QED) is 0.442. The van der Waals surface area contributed by atoms with E-state index in [1.807, 2.05) is 0 Å². The fourth-order valence-electron chi connectivity index (χ4n) is 3.20. The van der Waals surface area contributed by atoms with E-state index in [1.54, 1.807) is 30.3 Å². The Morgan fingerprint density at radius 2 is 1.66 bits per heavy atom. The van der Waals surface area contributed by atoms with Crippen LogP contribution in [0.5, 0.6) is 0 Å². The SMILES string of the molecule is NC(=O)N(c1ccc(-c2c(F)ccc3[nH]nc(N)c23)cc1)c1ccc(F)c(Cl)c1. The van der Waals surface area contributed by atoms with Crippen LogP contribution in [0.4, 0.5) is 30.8 Å². The number of anilines is 3. The Hall–Kier alpha value is -3.65. The van der Waals surface area contributed by atoms with Gasteiger partial charge >= 0.3 is 6.03 Å². The van der Waals surface area contributed by atoms with Gasteiger partial charge in [0.1, 0.15) is 11.6 Å². The number of hydrogen-bond donors (Lipinski definition) is 3. The van der Waals surface area contributed by atoms with Gasteiger partial charge < -0.3 is 11.5 Å². The van der Waals surface area contributed by atoms with Crippen LogP contribution < -0.4 is 16.4 Å². The molecule has 0 bridgehead atoms. The largest absolute Gasteiger partial charge is 0.382 e. The van der Waals surface area contributed by atoms with Crippen molar-refractivity contribution < 1.29 is 13.6 Å². The van der Waals surface area contributed by atoms with Crippen LogP contribution in [-0.2, 0) is 0 Å². The molecule has 0 saturated heterocycles. The van der Waals surface area contributed by atoms with Gasteiger partial charge in [-0.05, 0) is 48.0 Å². The summed E-state index contributed by atoms with van der Waals surface area (Å²) in [6.07, 6.45) is 0. The molecule has 0 radical (unpaired) electrons. The number of fused-ring (bicyclic) bond motifs is 1. The molecule has 9 heteroatoms. The number of aromatic nitrogens is 2. The minimum atomic E-state index is -0.784. The number of urea groups is 1. The van der Waals surface area contributed by atoms with E-state index in [4.69, 9.17) is 23.1 Å². The molecule has 0 atom stereocenters. The zero-order valence-electron chi connectivity index (χ0n) is 14.8. The van der Waals surface area contributed by atoms with E-state index in [0.29, 0.717) is 27.8 Å². The standard InChI is InChI=1S/C20H14ClF2N5O/c21-13-9-12(5-6-14(13)22)28(20(25)29)11-3-1-10(2-4-11)17-15(23)7-8-16-18(17)19(24)27-26-16/h1-9H,(H2,25,29)(H3,24,26,27). The van der Waals surface area contributed by atoms with E-state index < -0.39 is 17.7 Å². The molecule has 29 heavy (non-hydrogen) atoms. The Bertz CT molecular complexity index is 1240. The summed E-state index contributed by atoms with van der Waals surface area (Å²) in [4.78, 5) is 13.2. The molecule has 0 unspecified atom stereocenters. The van der Waals surface area contributed by atoms with E-state index in [1.165, 1.54) is 18.2 Å². The number of amides is 2. The Kier molecular flexibility index (Phi) is 4.56. The minimum absolute atomic E-state index is 0.144. The van der Waals surface area contributed by atoms with Gasteiger partial charge in [0.25, 0.3) is 0 Å². The molecular formula is C20H14ClF2N5O. The third-order valence-electron chi connectivity index (χ3n) is 4.50. The van der Waals surface area contributed by atoms with Gasteiger partial charge in [0, 0.05) is 5.56 Å². The lowest BCUT2D eigenvalue weighted by Gasteiger charge is -2.21. The van der Waals surface area contributed by atoms with Crippen LogP contribution in [-0.4, -0.2) is 16.2 Å². The number of rotatable bonds is 3. The zero-order chi connectivity index (χ0) is 20.7. The van der Waals surface area contributed by atoms with Crippen LogP contribution in [0.3, 0.4) is 0 Å². The number of H-pyrrole nitrogens is 1. The highest BCUT2D eigenvalue weighted by Gasteiger charge is 2.19. The van der Waals surface area contributed by atoms with Crippen LogP contribution in [0.15, 0.2) is 54.6 Å². The number of carbonyl (C=O) groups is 1. The molecule has 4 rings (SSSR count). The number of hydrogen-bond acceptors (Lipinski definition) is 3. The van der Waals surface area contributed by atoms with Gasteiger partial charge in [0.2, 0.25) is 0 Å². The molecule has 2 amide bonds. The van der Waals surface area contributed by atoms with Crippen molar-refractivity contribution in [1.82, 2.24) is 10.2 Å². The van der Waals surface area contributed by atoms with Crippen molar-refractivity contribution in [2.75, 3.05) is 10.6 Å². The van der Waals surface area contributed by atoms with E-state index >= 15 is 0 Å². The van der Waals surface area contributed by atoms with Crippen LogP contribution in [0.2, 0.25) is 5.02 Å². The molecule has 1 heterocycles. The smallest absolute Gasteiger partial charge is 0.323 e. The lowest BCUT2D eigenvalue weighted by molar-refractivity contribution is 0.256. The normalized spacial score (nSPS) is 11.0. The molecule has 0 spiro atoms. The maximum absolute atomic E-state index is 14.6. The van der Waals surface area contributed by atoms with Gasteiger partial charge in [-0.15, -0.1) is 0 Å². The Morgan fingerprint density at radius 1 is 1.00 bits per heavy atom. The minimum Gasteiger partial charge on any atom is -0.382 e.